The first-order valence-corrected chi connectivity index (χ1v) is 6.42. The van der Waals surface area contributed by atoms with Crippen molar-refractivity contribution in [2.75, 3.05) is 11.6 Å². The third kappa shape index (κ3) is 2.83. The van der Waals surface area contributed by atoms with Crippen LogP contribution in [0.5, 0.6) is 0 Å². The van der Waals surface area contributed by atoms with Crippen LogP contribution in [0.3, 0.4) is 0 Å². The highest BCUT2D eigenvalue weighted by Gasteiger charge is 2.09. The normalized spacial score (nSPS) is 10.3. The molecule has 5 nitrogen and oxygen atoms in total. The second kappa shape index (κ2) is 5.29. The monoisotopic (exact) mass is 267 g/mol. The van der Waals surface area contributed by atoms with Crippen LogP contribution in [-0.4, -0.2) is 26.2 Å². The van der Waals surface area contributed by atoms with Gasteiger partial charge in [0.25, 0.3) is 0 Å². The molecule has 0 saturated heterocycles. The molecule has 0 amide bonds. The molecular weight excluding hydrogens is 258 g/mol. The molecule has 0 unspecified atom stereocenters. The second-order valence-electron chi connectivity index (χ2n) is 3.19. The number of rotatable bonds is 3. The van der Waals surface area contributed by atoms with Crippen LogP contribution in [0.1, 0.15) is 5.56 Å². The number of aromatic nitrogens is 4. The molecule has 0 atom stereocenters. The highest BCUT2D eigenvalue weighted by atomic mass is 35.5. The summed E-state index contributed by atoms with van der Waals surface area (Å²) in [7, 11) is 0. The molecule has 0 aliphatic heterocycles. The van der Waals surface area contributed by atoms with E-state index in [4.69, 9.17) is 11.6 Å². The maximum Gasteiger partial charge on any atom is 0.190 e. The Hall–Kier alpha value is -1.40. The molecular formula is C10H10ClN5S. The Morgan fingerprint density at radius 1 is 1.29 bits per heavy atom. The van der Waals surface area contributed by atoms with Gasteiger partial charge in [-0.1, -0.05) is 23.4 Å². The third-order valence-corrected chi connectivity index (χ3v) is 2.97. The average molecular weight is 268 g/mol. The molecule has 0 aliphatic rings. The molecule has 2 rings (SSSR count). The Kier molecular flexibility index (Phi) is 3.75. The summed E-state index contributed by atoms with van der Waals surface area (Å²) in [5, 5.41) is 4.12. The van der Waals surface area contributed by atoms with Crippen molar-refractivity contribution >= 4 is 35.0 Å². The lowest BCUT2D eigenvalue weighted by molar-refractivity contribution is 0.957. The lowest BCUT2D eigenvalue weighted by atomic mass is 10.3. The SMILES string of the molecule is CSc1nc(Cl)c(C)c(Nc2cnccn2)n1. The molecule has 0 spiro atoms. The fourth-order valence-corrected chi connectivity index (χ4v) is 1.75. The third-order valence-electron chi connectivity index (χ3n) is 2.06. The number of halogens is 1. The summed E-state index contributed by atoms with van der Waals surface area (Å²) in [5.74, 6) is 1.27. The molecule has 7 heteroatoms. The summed E-state index contributed by atoms with van der Waals surface area (Å²) >= 11 is 7.46. The first-order valence-electron chi connectivity index (χ1n) is 4.82. The largest absolute Gasteiger partial charge is 0.323 e. The highest BCUT2D eigenvalue weighted by molar-refractivity contribution is 7.98. The smallest absolute Gasteiger partial charge is 0.190 e. The van der Waals surface area contributed by atoms with E-state index in [1.54, 1.807) is 18.6 Å². The Bertz CT molecular complexity index is 520. The molecule has 88 valence electrons. The standard InChI is InChI=1S/C10H10ClN5S/c1-6-8(11)15-10(17-2)16-9(6)14-7-5-12-3-4-13-7/h3-5H,1-2H3,(H,13,14,15,16). The zero-order valence-corrected chi connectivity index (χ0v) is 10.9. The summed E-state index contributed by atoms with van der Waals surface area (Å²) in [6.07, 6.45) is 6.73. The van der Waals surface area contributed by atoms with Crippen molar-refractivity contribution in [2.45, 2.75) is 12.1 Å². The van der Waals surface area contributed by atoms with E-state index in [0.717, 1.165) is 5.56 Å². The number of nitrogens with one attached hydrogen (secondary N) is 1. The molecule has 0 aromatic carbocycles. The van der Waals surface area contributed by atoms with Crippen molar-refractivity contribution < 1.29 is 0 Å². The molecule has 0 radical (unpaired) electrons. The van der Waals surface area contributed by atoms with E-state index in [-0.39, 0.29) is 0 Å². The van der Waals surface area contributed by atoms with Gasteiger partial charge in [0.2, 0.25) is 0 Å². The van der Waals surface area contributed by atoms with Crippen molar-refractivity contribution in [3.8, 4) is 0 Å². The Morgan fingerprint density at radius 3 is 2.76 bits per heavy atom. The van der Waals surface area contributed by atoms with E-state index < -0.39 is 0 Å². The summed E-state index contributed by atoms with van der Waals surface area (Å²) in [6.45, 7) is 1.85. The Balaban J connectivity index is 2.35. The van der Waals surface area contributed by atoms with Crippen LogP contribution in [0.2, 0.25) is 5.15 Å². The van der Waals surface area contributed by atoms with Crippen LogP contribution in [0.15, 0.2) is 23.7 Å². The van der Waals surface area contributed by atoms with Gasteiger partial charge in [0, 0.05) is 18.0 Å². The maximum atomic E-state index is 6.02. The van der Waals surface area contributed by atoms with E-state index in [0.29, 0.717) is 21.9 Å². The Labute approximate surface area is 108 Å². The van der Waals surface area contributed by atoms with E-state index in [1.165, 1.54) is 11.8 Å². The van der Waals surface area contributed by atoms with Gasteiger partial charge in [0.15, 0.2) is 5.16 Å². The van der Waals surface area contributed by atoms with Crippen molar-refractivity contribution in [3.63, 3.8) is 0 Å². The first kappa shape index (κ1) is 12.1. The summed E-state index contributed by atoms with van der Waals surface area (Å²) < 4.78 is 0. The van der Waals surface area contributed by atoms with E-state index in [2.05, 4.69) is 25.3 Å². The minimum atomic E-state index is 0.441. The van der Waals surface area contributed by atoms with Crippen molar-refractivity contribution in [1.29, 1.82) is 0 Å². The molecule has 2 aromatic rings. The minimum absolute atomic E-state index is 0.441. The van der Waals surface area contributed by atoms with Gasteiger partial charge in [-0.2, -0.15) is 0 Å². The van der Waals surface area contributed by atoms with E-state index in [9.17, 15) is 0 Å². The maximum absolute atomic E-state index is 6.02. The zero-order valence-electron chi connectivity index (χ0n) is 9.31. The van der Waals surface area contributed by atoms with E-state index >= 15 is 0 Å². The lowest BCUT2D eigenvalue weighted by Gasteiger charge is -2.09. The topological polar surface area (TPSA) is 63.6 Å². The quantitative estimate of drug-likeness (QED) is 0.524. The molecule has 0 bridgehead atoms. The summed E-state index contributed by atoms with van der Waals surface area (Å²) in [5.41, 5.74) is 0.787. The fourth-order valence-electron chi connectivity index (χ4n) is 1.17. The zero-order chi connectivity index (χ0) is 12.3. The number of hydrogen-bond acceptors (Lipinski definition) is 6. The van der Waals surface area contributed by atoms with Crippen molar-refractivity contribution in [2.24, 2.45) is 0 Å². The first-order chi connectivity index (χ1) is 8.20. The van der Waals surface area contributed by atoms with Crippen LogP contribution in [0.4, 0.5) is 11.6 Å². The fraction of sp³-hybridized carbons (Fsp3) is 0.200. The van der Waals surface area contributed by atoms with E-state index in [1.807, 2.05) is 13.2 Å². The van der Waals surface area contributed by atoms with Crippen LogP contribution in [-0.2, 0) is 0 Å². The molecule has 2 aromatic heterocycles. The van der Waals surface area contributed by atoms with Gasteiger partial charge in [-0.15, -0.1) is 0 Å². The van der Waals surface area contributed by atoms with Crippen molar-refractivity contribution in [1.82, 2.24) is 19.9 Å². The summed E-state index contributed by atoms with van der Waals surface area (Å²) in [4.78, 5) is 16.6. The summed E-state index contributed by atoms with van der Waals surface area (Å²) in [6, 6.07) is 0. The second-order valence-corrected chi connectivity index (χ2v) is 4.32. The van der Waals surface area contributed by atoms with Crippen molar-refractivity contribution in [3.05, 3.63) is 29.3 Å². The predicted molar refractivity (Wildman–Crippen MR) is 68.9 cm³/mol. The van der Waals surface area contributed by atoms with Gasteiger partial charge >= 0.3 is 0 Å². The molecule has 2 heterocycles. The number of hydrogen-bond donors (Lipinski definition) is 1. The van der Waals surface area contributed by atoms with Gasteiger partial charge in [-0.25, -0.2) is 15.0 Å². The van der Waals surface area contributed by atoms with Crippen LogP contribution in [0.25, 0.3) is 0 Å². The number of nitrogens with zero attached hydrogens (tertiary/aromatic N) is 4. The van der Waals surface area contributed by atoms with Gasteiger partial charge in [0.1, 0.15) is 16.8 Å². The minimum Gasteiger partial charge on any atom is -0.323 e. The number of thioether (sulfide) groups is 1. The molecule has 0 aliphatic carbocycles. The molecule has 17 heavy (non-hydrogen) atoms. The number of anilines is 2. The van der Waals surface area contributed by atoms with Gasteiger partial charge < -0.3 is 5.32 Å². The highest BCUT2D eigenvalue weighted by Crippen LogP contribution is 2.24. The molecule has 1 N–H and O–H groups in total. The van der Waals surface area contributed by atoms with Crippen LogP contribution >= 0.6 is 23.4 Å². The lowest BCUT2D eigenvalue weighted by Crippen LogP contribution is -2.02. The van der Waals surface area contributed by atoms with Gasteiger partial charge in [-0.3, -0.25) is 4.98 Å². The Morgan fingerprint density at radius 2 is 2.12 bits per heavy atom. The van der Waals surface area contributed by atoms with Crippen LogP contribution in [0, 0.1) is 6.92 Å². The van der Waals surface area contributed by atoms with Gasteiger partial charge in [-0.05, 0) is 13.2 Å². The molecule has 0 saturated carbocycles. The van der Waals surface area contributed by atoms with Crippen LogP contribution < -0.4 is 5.32 Å². The molecule has 0 fully saturated rings. The van der Waals surface area contributed by atoms with Gasteiger partial charge in [0.05, 0.1) is 6.20 Å². The predicted octanol–water partition coefficient (Wildman–Crippen LogP) is 2.69. The average Bonchev–Trinajstić information content (AvgIpc) is 2.36.